The summed E-state index contributed by atoms with van der Waals surface area (Å²) in [6.45, 7) is 4.99. The Balaban J connectivity index is 0. The maximum Gasteiger partial charge on any atom is 0.222 e. The standard InChI is InChI=1S/C8H18N2O.C2H6/c1-9(2)7-5-6-8(11)10(3)4;1-2/h5-7H2,1-4H3;1-2H3. The van der Waals surface area contributed by atoms with Crippen molar-refractivity contribution >= 4 is 5.91 Å². The van der Waals surface area contributed by atoms with E-state index in [0.717, 1.165) is 13.0 Å². The quantitative estimate of drug-likeness (QED) is 0.666. The number of nitrogens with zero attached hydrogens (tertiary/aromatic N) is 2. The first-order valence-corrected chi connectivity index (χ1v) is 4.89. The van der Waals surface area contributed by atoms with E-state index in [4.69, 9.17) is 0 Å². The Morgan fingerprint density at radius 3 is 1.85 bits per heavy atom. The first-order chi connectivity index (χ1) is 6.04. The molecule has 80 valence electrons. The molecule has 0 aliphatic carbocycles. The number of rotatable bonds is 4. The molecule has 0 bridgehead atoms. The molecule has 0 aromatic rings. The molecule has 0 atom stereocenters. The summed E-state index contributed by atoms with van der Waals surface area (Å²) in [5, 5.41) is 0. The van der Waals surface area contributed by atoms with Gasteiger partial charge in [-0.15, -0.1) is 0 Å². The normalized spacial score (nSPS) is 9.15. The van der Waals surface area contributed by atoms with Gasteiger partial charge in [-0.1, -0.05) is 13.8 Å². The molecule has 0 rings (SSSR count). The second-order valence-electron chi connectivity index (χ2n) is 3.19. The van der Waals surface area contributed by atoms with Gasteiger partial charge in [-0.05, 0) is 27.1 Å². The van der Waals surface area contributed by atoms with E-state index in [0.29, 0.717) is 6.42 Å². The fourth-order valence-corrected chi connectivity index (χ4v) is 0.770. The largest absolute Gasteiger partial charge is 0.349 e. The van der Waals surface area contributed by atoms with Gasteiger partial charge in [0.2, 0.25) is 5.91 Å². The van der Waals surface area contributed by atoms with Crippen molar-refractivity contribution in [1.29, 1.82) is 0 Å². The van der Waals surface area contributed by atoms with Crippen molar-refractivity contribution in [3.05, 3.63) is 0 Å². The Hall–Kier alpha value is -0.570. The van der Waals surface area contributed by atoms with Crippen LogP contribution in [0.5, 0.6) is 0 Å². The summed E-state index contributed by atoms with van der Waals surface area (Å²) in [4.78, 5) is 14.8. The Labute approximate surface area is 82.7 Å². The van der Waals surface area contributed by atoms with Crippen LogP contribution in [0.2, 0.25) is 0 Å². The van der Waals surface area contributed by atoms with Crippen molar-refractivity contribution in [3.8, 4) is 0 Å². The van der Waals surface area contributed by atoms with Crippen LogP contribution < -0.4 is 0 Å². The minimum atomic E-state index is 0.215. The van der Waals surface area contributed by atoms with Gasteiger partial charge in [0.05, 0.1) is 0 Å². The van der Waals surface area contributed by atoms with E-state index < -0.39 is 0 Å². The summed E-state index contributed by atoms with van der Waals surface area (Å²) in [5.41, 5.74) is 0. The molecule has 0 N–H and O–H groups in total. The molecule has 0 fully saturated rings. The van der Waals surface area contributed by atoms with Gasteiger partial charge in [0.1, 0.15) is 0 Å². The zero-order valence-corrected chi connectivity index (χ0v) is 9.92. The van der Waals surface area contributed by atoms with E-state index in [1.165, 1.54) is 0 Å². The third-order valence-corrected chi connectivity index (χ3v) is 1.49. The molecule has 3 heteroatoms. The highest BCUT2D eigenvalue weighted by molar-refractivity contribution is 5.75. The number of hydrogen-bond donors (Lipinski definition) is 0. The number of carbonyl (C=O) groups excluding carboxylic acids is 1. The Morgan fingerprint density at radius 2 is 1.54 bits per heavy atom. The van der Waals surface area contributed by atoms with Crippen LogP contribution in [0, 0.1) is 0 Å². The Kier molecular flexibility index (Phi) is 10.9. The second kappa shape index (κ2) is 9.52. The Morgan fingerprint density at radius 1 is 1.08 bits per heavy atom. The average Bonchev–Trinajstić information content (AvgIpc) is 2.07. The highest BCUT2D eigenvalue weighted by atomic mass is 16.2. The summed E-state index contributed by atoms with van der Waals surface area (Å²) in [7, 11) is 7.61. The summed E-state index contributed by atoms with van der Waals surface area (Å²) in [5.74, 6) is 0.215. The fraction of sp³-hybridized carbons (Fsp3) is 0.900. The molecule has 3 nitrogen and oxygen atoms in total. The van der Waals surface area contributed by atoms with Gasteiger partial charge < -0.3 is 9.80 Å². The molecule has 0 aliphatic rings. The summed E-state index contributed by atoms with van der Waals surface area (Å²) >= 11 is 0. The monoisotopic (exact) mass is 188 g/mol. The predicted octanol–water partition coefficient (Wildman–Crippen LogP) is 1.44. The maximum atomic E-state index is 11.0. The molecule has 0 saturated carbocycles. The molecule has 0 aromatic carbocycles. The van der Waals surface area contributed by atoms with Crippen LogP contribution in [0.15, 0.2) is 0 Å². The van der Waals surface area contributed by atoms with Crippen molar-refractivity contribution in [3.63, 3.8) is 0 Å². The van der Waals surface area contributed by atoms with Gasteiger partial charge in [0.15, 0.2) is 0 Å². The number of hydrogen-bond acceptors (Lipinski definition) is 2. The summed E-state index contributed by atoms with van der Waals surface area (Å²) < 4.78 is 0. The fourth-order valence-electron chi connectivity index (χ4n) is 0.770. The van der Waals surface area contributed by atoms with Crippen LogP contribution in [0.3, 0.4) is 0 Å². The van der Waals surface area contributed by atoms with Gasteiger partial charge in [-0.25, -0.2) is 0 Å². The molecule has 0 spiro atoms. The van der Waals surface area contributed by atoms with E-state index >= 15 is 0 Å². The van der Waals surface area contributed by atoms with E-state index in [1.54, 1.807) is 19.0 Å². The number of carbonyl (C=O) groups is 1. The predicted molar refractivity (Wildman–Crippen MR) is 57.8 cm³/mol. The van der Waals surface area contributed by atoms with Crippen molar-refractivity contribution < 1.29 is 4.79 Å². The average molecular weight is 188 g/mol. The molecule has 0 heterocycles. The van der Waals surface area contributed by atoms with Crippen LogP contribution in [0.25, 0.3) is 0 Å². The molecule has 1 amide bonds. The first kappa shape index (κ1) is 14.9. The molecular weight excluding hydrogens is 164 g/mol. The van der Waals surface area contributed by atoms with Crippen LogP contribution >= 0.6 is 0 Å². The van der Waals surface area contributed by atoms with Crippen molar-refractivity contribution in [2.75, 3.05) is 34.7 Å². The van der Waals surface area contributed by atoms with Gasteiger partial charge in [-0.3, -0.25) is 4.79 Å². The lowest BCUT2D eigenvalue weighted by Gasteiger charge is -2.11. The molecule has 0 saturated heterocycles. The minimum Gasteiger partial charge on any atom is -0.349 e. The first-order valence-electron chi connectivity index (χ1n) is 4.89. The Bertz CT molecular complexity index is 122. The molecular formula is C10H24N2O. The molecule has 13 heavy (non-hydrogen) atoms. The summed E-state index contributed by atoms with van der Waals surface area (Å²) in [6, 6.07) is 0. The van der Waals surface area contributed by atoms with Gasteiger partial charge in [-0.2, -0.15) is 0 Å². The van der Waals surface area contributed by atoms with Crippen molar-refractivity contribution in [2.24, 2.45) is 0 Å². The molecule has 0 aromatic heterocycles. The van der Waals surface area contributed by atoms with Crippen LogP contribution in [0.1, 0.15) is 26.7 Å². The van der Waals surface area contributed by atoms with Crippen LogP contribution in [-0.4, -0.2) is 50.4 Å². The van der Waals surface area contributed by atoms with Gasteiger partial charge in [0, 0.05) is 20.5 Å². The molecule has 0 radical (unpaired) electrons. The van der Waals surface area contributed by atoms with Crippen molar-refractivity contribution in [2.45, 2.75) is 26.7 Å². The third kappa shape index (κ3) is 11.4. The third-order valence-electron chi connectivity index (χ3n) is 1.49. The SMILES string of the molecule is CC.CN(C)CCCC(=O)N(C)C. The summed E-state index contributed by atoms with van der Waals surface area (Å²) in [6.07, 6.45) is 1.61. The lowest BCUT2D eigenvalue weighted by atomic mass is 10.3. The van der Waals surface area contributed by atoms with E-state index in [2.05, 4.69) is 4.90 Å². The number of amides is 1. The van der Waals surface area contributed by atoms with E-state index in [-0.39, 0.29) is 5.91 Å². The lowest BCUT2D eigenvalue weighted by Crippen LogP contribution is -2.23. The highest BCUT2D eigenvalue weighted by Gasteiger charge is 2.02. The molecule has 0 unspecified atom stereocenters. The van der Waals surface area contributed by atoms with Crippen LogP contribution in [-0.2, 0) is 4.79 Å². The smallest absolute Gasteiger partial charge is 0.222 e. The van der Waals surface area contributed by atoms with Gasteiger partial charge in [0.25, 0.3) is 0 Å². The van der Waals surface area contributed by atoms with E-state index in [1.807, 2.05) is 27.9 Å². The minimum absolute atomic E-state index is 0.215. The molecule has 0 aliphatic heterocycles. The van der Waals surface area contributed by atoms with E-state index in [9.17, 15) is 4.79 Å². The topological polar surface area (TPSA) is 23.6 Å². The zero-order valence-electron chi connectivity index (χ0n) is 9.92. The zero-order chi connectivity index (χ0) is 10.9. The van der Waals surface area contributed by atoms with Crippen molar-refractivity contribution in [1.82, 2.24) is 9.80 Å². The highest BCUT2D eigenvalue weighted by Crippen LogP contribution is 1.93. The maximum absolute atomic E-state index is 11.0. The van der Waals surface area contributed by atoms with Crippen LogP contribution in [0.4, 0.5) is 0 Å². The van der Waals surface area contributed by atoms with Gasteiger partial charge >= 0.3 is 0 Å². The second-order valence-corrected chi connectivity index (χ2v) is 3.19. The lowest BCUT2D eigenvalue weighted by molar-refractivity contribution is -0.128.